The molecule has 23 heavy (non-hydrogen) atoms. The molecule has 2 heterocycles. The summed E-state index contributed by atoms with van der Waals surface area (Å²) in [5.41, 5.74) is 1.22. The van der Waals surface area contributed by atoms with E-state index in [1.54, 1.807) is 17.5 Å². The van der Waals surface area contributed by atoms with Gasteiger partial charge in [0.15, 0.2) is 5.50 Å². The minimum Gasteiger partial charge on any atom is -0.503 e. The van der Waals surface area contributed by atoms with Crippen molar-refractivity contribution in [3.8, 4) is 0 Å². The lowest BCUT2D eigenvalue weighted by Gasteiger charge is -2.23. The molecule has 3 rings (SSSR count). The van der Waals surface area contributed by atoms with Gasteiger partial charge < -0.3 is 9.47 Å². The third-order valence-electron chi connectivity index (χ3n) is 3.29. The molecule has 0 amide bonds. The average molecular weight is 352 g/mol. The van der Waals surface area contributed by atoms with E-state index >= 15 is 0 Å². The monoisotopic (exact) mass is 351 g/mol. The number of ether oxygens (including phenoxy) is 2. The van der Waals surface area contributed by atoms with Gasteiger partial charge in [0.05, 0.1) is 20.5 Å². The van der Waals surface area contributed by atoms with Crippen LogP contribution >= 0.6 is 23.4 Å². The van der Waals surface area contributed by atoms with E-state index in [-0.39, 0.29) is 5.50 Å². The molecule has 120 valence electrons. The van der Waals surface area contributed by atoms with Crippen LogP contribution < -0.4 is 4.90 Å². The Hall–Kier alpha value is -2.12. The summed E-state index contributed by atoms with van der Waals surface area (Å²) >= 11 is 7.42. The second kappa shape index (κ2) is 6.55. The van der Waals surface area contributed by atoms with Gasteiger partial charge >= 0.3 is 5.97 Å². The van der Waals surface area contributed by atoms with Crippen LogP contribution in [0.5, 0.6) is 0 Å². The number of benzene rings is 1. The smallest absolute Gasteiger partial charge is 0.342 e. The number of fused-ring (bicyclic) bond motifs is 1. The zero-order valence-electron chi connectivity index (χ0n) is 12.5. The number of methoxy groups -OCH3 is 2. The van der Waals surface area contributed by atoms with Gasteiger partial charge in [-0.15, -0.1) is 0 Å². The summed E-state index contributed by atoms with van der Waals surface area (Å²) in [5.74, 6) is -0.450. The number of carbonyl (C=O) groups is 1. The predicted molar refractivity (Wildman–Crippen MR) is 90.8 cm³/mol. The number of anilines is 1. The van der Waals surface area contributed by atoms with Gasteiger partial charge in [-0.1, -0.05) is 23.4 Å². The van der Waals surface area contributed by atoms with Crippen molar-refractivity contribution in [2.45, 2.75) is 5.50 Å². The number of esters is 1. The van der Waals surface area contributed by atoms with Gasteiger partial charge in [-0.2, -0.15) is 5.10 Å². The summed E-state index contributed by atoms with van der Waals surface area (Å²) in [6.45, 7) is 0. The van der Waals surface area contributed by atoms with Crippen LogP contribution in [0.1, 0.15) is 0 Å². The Kier molecular flexibility index (Phi) is 4.49. The maximum Gasteiger partial charge on any atom is 0.342 e. The molecule has 8 heteroatoms. The van der Waals surface area contributed by atoms with Crippen LogP contribution in [0.25, 0.3) is 0 Å². The normalized spacial score (nSPS) is 19.7. The Morgan fingerprint density at radius 1 is 1.35 bits per heavy atom. The van der Waals surface area contributed by atoms with Crippen molar-refractivity contribution in [1.82, 2.24) is 5.01 Å². The van der Waals surface area contributed by atoms with Gasteiger partial charge in [0.25, 0.3) is 0 Å². The molecular weight excluding hydrogens is 338 g/mol. The van der Waals surface area contributed by atoms with Gasteiger partial charge in [-0.05, 0) is 24.3 Å². The second-order valence-corrected chi connectivity index (χ2v) is 6.22. The first kappa shape index (κ1) is 15.8. The Morgan fingerprint density at radius 3 is 2.74 bits per heavy atom. The van der Waals surface area contributed by atoms with Gasteiger partial charge in [0.1, 0.15) is 11.9 Å². The molecule has 0 spiro atoms. The van der Waals surface area contributed by atoms with E-state index in [1.807, 2.05) is 29.2 Å². The van der Waals surface area contributed by atoms with Crippen molar-refractivity contribution in [2.75, 3.05) is 19.1 Å². The van der Waals surface area contributed by atoms with E-state index in [4.69, 9.17) is 21.1 Å². The topological polar surface area (TPSA) is 54.4 Å². The van der Waals surface area contributed by atoms with Crippen LogP contribution in [0.4, 0.5) is 5.69 Å². The van der Waals surface area contributed by atoms with Crippen molar-refractivity contribution in [3.63, 3.8) is 0 Å². The average Bonchev–Trinajstić information content (AvgIpc) is 3.13. The Balaban J connectivity index is 1.82. The molecule has 2 aliphatic rings. The number of hydrazone groups is 1. The standard InChI is InChI=1S/C15H14ClN3O3S/c1-21-8-12(14(20)22-2)13-7-19-15(23-13)18(9-17-19)11-5-3-10(16)4-6-11/h3-9,15H,1-2H3. The Bertz CT molecular complexity index is 702. The number of hydrogen-bond donors (Lipinski definition) is 0. The van der Waals surface area contributed by atoms with Gasteiger partial charge in [-0.3, -0.25) is 4.90 Å². The number of thioether (sulfide) groups is 1. The van der Waals surface area contributed by atoms with E-state index in [0.29, 0.717) is 10.6 Å². The van der Waals surface area contributed by atoms with Crippen molar-refractivity contribution >= 4 is 41.4 Å². The summed E-state index contributed by atoms with van der Waals surface area (Å²) < 4.78 is 9.78. The molecule has 0 N–H and O–H groups in total. The third kappa shape index (κ3) is 3.02. The molecule has 1 unspecified atom stereocenters. The SMILES string of the molecule is COC=C(C(=O)OC)C1=CN2N=CN(c3ccc(Cl)cc3)C2S1. The van der Waals surface area contributed by atoms with E-state index < -0.39 is 5.97 Å². The van der Waals surface area contributed by atoms with Crippen LogP contribution in [0, 0.1) is 0 Å². The maximum atomic E-state index is 11.9. The molecule has 0 radical (unpaired) electrons. The Labute approximate surface area is 143 Å². The minimum atomic E-state index is -0.450. The number of hydrogen-bond acceptors (Lipinski definition) is 7. The van der Waals surface area contributed by atoms with Crippen LogP contribution in [-0.4, -0.2) is 37.0 Å². The molecule has 1 aromatic carbocycles. The fourth-order valence-electron chi connectivity index (χ4n) is 2.20. The summed E-state index contributed by atoms with van der Waals surface area (Å²) in [4.78, 5) is 14.6. The fraction of sp³-hybridized carbons (Fsp3) is 0.200. The predicted octanol–water partition coefficient (Wildman–Crippen LogP) is 2.98. The molecule has 0 saturated carbocycles. The summed E-state index contributed by atoms with van der Waals surface area (Å²) in [6.07, 6.45) is 4.92. The fourth-order valence-corrected chi connectivity index (χ4v) is 3.50. The van der Waals surface area contributed by atoms with Crippen LogP contribution in [0.2, 0.25) is 5.02 Å². The highest BCUT2D eigenvalue weighted by Crippen LogP contribution is 2.42. The van der Waals surface area contributed by atoms with Crippen molar-refractivity contribution in [2.24, 2.45) is 5.10 Å². The molecule has 1 aromatic rings. The second-order valence-electron chi connectivity index (χ2n) is 4.69. The van der Waals surface area contributed by atoms with Crippen LogP contribution in [0.3, 0.4) is 0 Å². The van der Waals surface area contributed by atoms with Gasteiger partial charge in [0.2, 0.25) is 0 Å². The third-order valence-corrected chi connectivity index (χ3v) is 4.77. The number of halogens is 1. The first-order chi connectivity index (χ1) is 11.1. The van der Waals surface area contributed by atoms with E-state index in [2.05, 4.69) is 5.10 Å². The molecule has 2 aliphatic heterocycles. The number of carbonyl (C=O) groups excluding carboxylic acids is 1. The summed E-state index contributed by atoms with van der Waals surface area (Å²) in [7, 11) is 2.83. The molecule has 6 nitrogen and oxygen atoms in total. The summed E-state index contributed by atoms with van der Waals surface area (Å²) in [5, 5.41) is 6.80. The maximum absolute atomic E-state index is 11.9. The molecular formula is C15H14ClN3O3S. The van der Waals surface area contributed by atoms with E-state index in [9.17, 15) is 4.79 Å². The van der Waals surface area contributed by atoms with Crippen molar-refractivity contribution in [3.05, 3.63) is 52.2 Å². The zero-order chi connectivity index (χ0) is 16.4. The first-order valence-electron chi connectivity index (χ1n) is 6.70. The minimum absolute atomic E-state index is 0.101. The quantitative estimate of drug-likeness (QED) is 0.472. The molecule has 0 aromatic heterocycles. The van der Waals surface area contributed by atoms with Crippen LogP contribution in [-0.2, 0) is 14.3 Å². The van der Waals surface area contributed by atoms with E-state index in [0.717, 1.165) is 10.6 Å². The lowest BCUT2D eigenvalue weighted by Crippen LogP contribution is -2.32. The lowest BCUT2D eigenvalue weighted by molar-refractivity contribution is -0.135. The largest absolute Gasteiger partial charge is 0.503 e. The van der Waals surface area contributed by atoms with Gasteiger partial charge in [-0.25, -0.2) is 9.80 Å². The molecule has 0 aliphatic carbocycles. The van der Waals surface area contributed by atoms with Gasteiger partial charge in [0, 0.05) is 21.8 Å². The molecule has 0 saturated heterocycles. The van der Waals surface area contributed by atoms with Crippen molar-refractivity contribution < 1.29 is 14.3 Å². The highest BCUT2D eigenvalue weighted by atomic mass is 35.5. The highest BCUT2D eigenvalue weighted by molar-refractivity contribution is 8.04. The zero-order valence-corrected chi connectivity index (χ0v) is 14.0. The highest BCUT2D eigenvalue weighted by Gasteiger charge is 2.37. The van der Waals surface area contributed by atoms with Crippen LogP contribution in [0.15, 0.2) is 52.3 Å². The number of rotatable bonds is 4. The van der Waals surface area contributed by atoms with Crippen molar-refractivity contribution in [1.29, 1.82) is 0 Å². The molecule has 0 fully saturated rings. The molecule has 0 bridgehead atoms. The molecule has 1 atom stereocenters. The summed E-state index contributed by atoms with van der Waals surface area (Å²) in [6, 6.07) is 7.49. The number of nitrogens with zero attached hydrogens (tertiary/aromatic N) is 3. The first-order valence-corrected chi connectivity index (χ1v) is 7.96. The van der Waals surface area contributed by atoms with E-state index in [1.165, 1.54) is 32.2 Å². The lowest BCUT2D eigenvalue weighted by atomic mass is 10.3. The Morgan fingerprint density at radius 2 is 2.09 bits per heavy atom.